The van der Waals surface area contributed by atoms with Crippen LogP contribution in [-0.4, -0.2) is 52.0 Å². The van der Waals surface area contributed by atoms with Gasteiger partial charge in [0.25, 0.3) is 5.56 Å². The fraction of sp³-hybridized carbons (Fsp3) is 0.400. The second-order valence-corrected chi connectivity index (χ2v) is 8.86. The predicted octanol–water partition coefficient (Wildman–Crippen LogP) is 2.41. The number of halogens is 1. The molecule has 1 aromatic heterocycles. The fourth-order valence-corrected chi connectivity index (χ4v) is 4.04. The Morgan fingerprint density at radius 3 is 2.42 bits per heavy atom. The molecule has 0 radical (unpaired) electrons. The molecule has 2 atom stereocenters. The number of aliphatic hydroxyl groups excluding tert-OH is 1. The molecule has 0 aliphatic carbocycles. The quantitative estimate of drug-likeness (QED) is 0.628. The number of benzene rings is 2. The Hall–Kier alpha value is -2.74. The zero-order chi connectivity index (χ0) is 24.0. The van der Waals surface area contributed by atoms with Crippen LogP contribution in [0.2, 0.25) is 5.02 Å². The van der Waals surface area contributed by atoms with Crippen molar-refractivity contribution in [1.29, 1.82) is 0 Å². The lowest BCUT2D eigenvalue weighted by atomic mass is 10.0. The molecule has 7 nitrogen and oxygen atoms in total. The van der Waals surface area contributed by atoms with Gasteiger partial charge in [-0.25, -0.2) is 4.68 Å². The predicted molar refractivity (Wildman–Crippen MR) is 127 cm³/mol. The molecule has 0 amide bonds. The van der Waals surface area contributed by atoms with Crippen LogP contribution in [0, 0.1) is 0 Å². The minimum absolute atomic E-state index is 0.0278. The van der Waals surface area contributed by atoms with Gasteiger partial charge < -0.3 is 19.9 Å². The molecule has 33 heavy (non-hydrogen) atoms. The summed E-state index contributed by atoms with van der Waals surface area (Å²) in [5.74, 6) is -1.44. The first-order valence-electron chi connectivity index (χ1n) is 11.1. The van der Waals surface area contributed by atoms with E-state index in [0.29, 0.717) is 6.42 Å². The van der Waals surface area contributed by atoms with Gasteiger partial charge in [0.1, 0.15) is 0 Å². The van der Waals surface area contributed by atoms with Crippen LogP contribution in [0.4, 0.5) is 0 Å². The van der Waals surface area contributed by atoms with Crippen molar-refractivity contribution in [2.75, 3.05) is 20.1 Å². The van der Waals surface area contributed by atoms with Crippen LogP contribution in [0.3, 0.4) is 0 Å². The number of aliphatic hydroxyl groups is 1. The number of carboxylic acids is 1. The molecule has 1 aliphatic heterocycles. The number of hydrogen-bond donors (Lipinski definition) is 1. The zero-order valence-electron chi connectivity index (χ0n) is 18.9. The summed E-state index contributed by atoms with van der Waals surface area (Å²) in [5.41, 5.74) is 2.12. The zero-order valence-corrected chi connectivity index (χ0v) is 19.7. The topological polar surface area (TPSA) is 98.5 Å². The summed E-state index contributed by atoms with van der Waals surface area (Å²) in [7, 11) is 2.14. The number of rotatable bonds is 4. The van der Waals surface area contributed by atoms with E-state index >= 15 is 0 Å². The molecule has 2 aromatic carbocycles. The summed E-state index contributed by atoms with van der Waals surface area (Å²) in [4.78, 5) is 24.8. The van der Waals surface area contributed by atoms with Crippen LogP contribution in [-0.2, 0) is 11.2 Å². The average molecular weight is 471 g/mol. The lowest BCUT2D eigenvalue weighted by Gasteiger charge is -2.19. The van der Waals surface area contributed by atoms with Gasteiger partial charge in [-0.15, -0.1) is 0 Å². The van der Waals surface area contributed by atoms with Crippen LogP contribution in [0.5, 0.6) is 0 Å². The van der Waals surface area contributed by atoms with Gasteiger partial charge in [0, 0.05) is 16.8 Å². The van der Waals surface area contributed by atoms with Crippen LogP contribution in [0.15, 0.2) is 53.3 Å². The highest BCUT2D eigenvalue weighted by molar-refractivity contribution is 6.30. The van der Waals surface area contributed by atoms with E-state index < -0.39 is 12.1 Å². The monoisotopic (exact) mass is 470 g/mol. The molecule has 2 unspecified atom stereocenters. The van der Waals surface area contributed by atoms with E-state index in [1.807, 2.05) is 48.5 Å². The van der Waals surface area contributed by atoms with Gasteiger partial charge in [-0.3, -0.25) is 4.79 Å². The normalized spacial score (nSPS) is 17.6. The highest BCUT2D eigenvalue weighted by atomic mass is 35.5. The number of likely N-dealkylation sites (tertiary alicyclic amines) is 1. The van der Waals surface area contributed by atoms with Crippen molar-refractivity contribution in [1.82, 2.24) is 14.7 Å². The third-order valence-electron chi connectivity index (χ3n) is 5.80. The highest BCUT2D eigenvalue weighted by Gasteiger charge is 2.21. The smallest absolute Gasteiger partial charge is 0.274 e. The number of fused-ring (bicyclic) bond motifs is 1. The third-order valence-corrected chi connectivity index (χ3v) is 6.05. The largest absolute Gasteiger partial charge is 0.547 e. The minimum Gasteiger partial charge on any atom is -0.547 e. The van der Waals surface area contributed by atoms with Crippen molar-refractivity contribution in [2.24, 2.45) is 0 Å². The van der Waals surface area contributed by atoms with Gasteiger partial charge in [-0.1, -0.05) is 41.9 Å². The molecule has 0 spiro atoms. The van der Waals surface area contributed by atoms with Gasteiger partial charge in [0.2, 0.25) is 0 Å². The maximum absolute atomic E-state index is 13.1. The molecule has 0 bridgehead atoms. The van der Waals surface area contributed by atoms with E-state index in [4.69, 9.17) is 21.8 Å². The molecular formula is C25H29ClN3O4-. The summed E-state index contributed by atoms with van der Waals surface area (Å²) in [6, 6.07) is 15.8. The molecule has 1 fully saturated rings. The Balaban J connectivity index is 0.000000454. The first-order chi connectivity index (χ1) is 15.8. The Morgan fingerprint density at radius 1 is 1.15 bits per heavy atom. The summed E-state index contributed by atoms with van der Waals surface area (Å²) >= 11 is 6.02. The number of carboxylic acid groups (broad SMARTS) is 1. The molecule has 8 heteroatoms. The van der Waals surface area contributed by atoms with E-state index in [1.165, 1.54) is 0 Å². The second-order valence-electron chi connectivity index (χ2n) is 8.43. The van der Waals surface area contributed by atoms with Crippen LogP contribution < -0.4 is 10.7 Å². The van der Waals surface area contributed by atoms with Crippen molar-refractivity contribution in [3.63, 3.8) is 0 Å². The maximum atomic E-state index is 13.1. The minimum atomic E-state index is -1.44. The standard InChI is InChI=1S/C22H24ClN3O.C3H6O3/c1-25-13-4-5-18(12-14-25)26-22(27)20-7-3-2-6-19(20)21(24-26)15-16-8-10-17(23)11-9-16;1-2(4)3(5)6/h2-3,6-11,18H,4-5,12-15H2,1H3;2,4H,1H3,(H,5,6)/p-1. The molecular weight excluding hydrogens is 442 g/mol. The van der Waals surface area contributed by atoms with Crippen molar-refractivity contribution < 1.29 is 15.0 Å². The number of aromatic nitrogens is 2. The lowest BCUT2D eigenvalue weighted by molar-refractivity contribution is -0.314. The Labute approximate surface area is 198 Å². The highest BCUT2D eigenvalue weighted by Crippen LogP contribution is 2.23. The number of carbonyl (C=O) groups excluding carboxylic acids is 1. The molecule has 1 N–H and O–H groups in total. The van der Waals surface area contributed by atoms with Crippen molar-refractivity contribution in [3.8, 4) is 0 Å². The molecule has 4 rings (SSSR count). The number of hydrogen-bond acceptors (Lipinski definition) is 6. The fourth-order valence-electron chi connectivity index (χ4n) is 3.91. The lowest BCUT2D eigenvalue weighted by Crippen LogP contribution is -2.32. The van der Waals surface area contributed by atoms with Crippen molar-refractivity contribution in [3.05, 3.63) is 75.2 Å². The van der Waals surface area contributed by atoms with Gasteiger partial charge in [0.05, 0.1) is 29.2 Å². The Bertz CT molecular complexity index is 1140. The average Bonchev–Trinajstić information content (AvgIpc) is 3.02. The Morgan fingerprint density at radius 2 is 1.79 bits per heavy atom. The first kappa shape index (κ1) is 24.9. The van der Waals surface area contributed by atoms with Crippen molar-refractivity contribution in [2.45, 2.75) is 44.8 Å². The van der Waals surface area contributed by atoms with Crippen LogP contribution in [0.25, 0.3) is 10.8 Å². The van der Waals surface area contributed by atoms with E-state index in [0.717, 1.165) is 66.3 Å². The molecule has 1 aliphatic rings. The first-order valence-corrected chi connectivity index (χ1v) is 11.5. The van der Waals surface area contributed by atoms with Gasteiger partial charge in [0.15, 0.2) is 0 Å². The van der Waals surface area contributed by atoms with Crippen LogP contribution in [0.1, 0.15) is 43.5 Å². The van der Waals surface area contributed by atoms with Gasteiger partial charge >= 0.3 is 0 Å². The number of nitrogens with zero attached hydrogens (tertiary/aromatic N) is 3. The summed E-state index contributed by atoms with van der Waals surface area (Å²) in [6.45, 7) is 3.21. The van der Waals surface area contributed by atoms with E-state index in [-0.39, 0.29) is 11.6 Å². The van der Waals surface area contributed by atoms with E-state index in [1.54, 1.807) is 4.68 Å². The SMILES string of the molecule is CC(O)C(=O)[O-].CN1CCCC(n2nc(Cc3ccc(Cl)cc3)c3ccccc3c2=O)CC1. The molecule has 3 aromatic rings. The third kappa shape index (κ3) is 6.63. The molecule has 2 heterocycles. The molecule has 176 valence electrons. The Kier molecular flexibility index (Phi) is 8.61. The summed E-state index contributed by atoms with van der Waals surface area (Å²) in [5, 5.41) is 24.6. The maximum Gasteiger partial charge on any atom is 0.274 e. The molecule has 1 saturated heterocycles. The summed E-state index contributed by atoms with van der Waals surface area (Å²) < 4.78 is 1.76. The summed E-state index contributed by atoms with van der Waals surface area (Å²) in [6.07, 6.45) is 2.39. The second kappa shape index (κ2) is 11.4. The van der Waals surface area contributed by atoms with Gasteiger partial charge in [-0.05, 0) is 70.1 Å². The van der Waals surface area contributed by atoms with Gasteiger partial charge in [-0.2, -0.15) is 5.10 Å². The number of carbonyl (C=O) groups is 1. The van der Waals surface area contributed by atoms with Crippen molar-refractivity contribution >= 4 is 28.3 Å². The number of aliphatic carboxylic acids is 1. The van der Waals surface area contributed by atoms with E-state index in [9.17, 15) is 14.7 Å². The van der Waals surface area contributed by atoms with Crippen LogP contribution >= 0.6 is 11.6 Å². The van der Waals surface area contributed by atoms with E-state index in [2.05, 4.69) is 11.9 Å². The molecule has 0 saturated carbocycles.